The van der Waals surface area contributed by atoms with Crippen LogP contribution in [-0.2, 0) is 30.4 Å². The number of amidine groups is 2. The number of likely N-dealkylation sites (tertiary alicyclic amines) is 1. The molecule has 0 amide bonds. The highest BCUT2D eigenvalue weighted by Gasteiger charge is 2.18. The summed E-state index contributed by atoms with van der Waals surface area (Å²) in [6.45, 7) is 4.81. The van der Waals surface area contributed by atoms with Gasteiger partial charge in [-0.25, -0.2) is 0 Å². The maximum atomic E-state index is 9.19. The van der Waals surface area contributed by atoms with Crippen molar-refractivity contribution >= 4 is 42.0 Å². The molecule has 21 heteroatoms. The van der Waals surface area contributed by atoms with Crippen molar-refractivity contribution in [2.24, 2.45) is 17.4 Å². The predicted octanol–water partition coefficient (Wildman–Crippen LogP) is 0.457. The van der Waals surface area contributed by atoms with E-state index in [0.717, 1.165) is 67.6 Å². The van der Waals surface area contributed by atoms with Crippen LogP contribution in [0.1, 0.15) is 43.2 Å². The number of nitrogens with two attached hydrogens (primary N) is 2. The molecule has 3 rings (SSSR count). The van der Waals surface area contributed by atoms with Gasteiger partial charge in [-0.15, -0.1) is 0 Å². The number of hydrogen-bond acceptors (Lipinski definition) is 11. The van der Waals surface area contributed by atoms with Crippen molar-refractivity contribution in [3.63, 3.8) is 0 Å². The molecule has 1 aliphatic rings. The summed E-state index contributed by atoms with van der Waals surface area (Å²) in [4.78, 5) is 2.53. The minimum atomic E-state index is -3.67. The number of hydrogen-bond donors (Lipinski definition) is 7. The number of piperidine rings is 1. The van der Waals surface area contributed by atoms with Gasteiger partial charge < -0.3 is 36.8 Å². The van der Waals surface area contributed by atoms with Crippen molar-refractivity contribution in [2.45, 2.75) is 32.1 Å². The van der Waals surface area contributed by atoms with Crippen LogP contribution in [0.2, 0.25) is 0 Å². The van der Waals surface area contributed by atoms with E-state index in [1.807, 2.05) is 48.5 Å². The summed E-state index contributed by atoms with van der Waals surface area (Å²) in [6.07, 6.45) is 7.93. The normalized spacial score (nSPS) is 13.2. The second-order valence-electron chi connectivity index (χ2n) is 10.6. The first-order chi connectivity index (χ1) is 21.5. The Morgan fingerprint density at radius 2 is 1.00 bits per heavy atom. The zero-order valence-electron chi connectivity index (χ0n) is 27.7. The first kappa shape index (κ1) is 50.0. The first-order valence-corrected chi connectivity index (χ1v) is 19.7. The van der Waals surface area contributed by atoms with Crippen molar-refractivity contribution in [1.29, 1.82) is 10.8 Å². The maximum Gasteiger partial charge on any atom is 0.261 e. The molecule has 0 bridgehead atoms. The molecule has 0 atom stereocenters. The number of ether oxygens (including phenoxy) is 2. The fourth-order valence-corrected chi connectivity index (χ4v) is 4.00. The molecule has 0 spiro atoms. The summed E-state index contributed by atoms with van der Waals surface area (Å²) >= 11 is 0. The fraction of sp³-hybridized carbons (Fsp3) is 0.500. The molecule has 2 aromatic carbocycles. The minimum absolute atomic E-state index is 0. The number of nitrogens with zero attached hydrogens (tertiary/aromatic N) is 1. The molecule has 18 nitrogen and oxygen atoms in total. The van der Waals surface area contributed by atoms with Gasteiger partial charge in [-0.3, -0.25) is 24.5 Å². The molecular weight excluding hydrogens is 711 g/mol. The van der Waals surface area contributed by atoms with E-state index in [0.29, 0.717) is 25.4 Å². The lowest BCUT2D eigenvalue weighted by atomic mass is 9.92. The smallest absolute Gasteiger partial charge is 0.261 e. The molecule has 0 aromatic heterocycles. The van der Waals surface area contributed by atoms with Crippen molar-refractivity contribution < 1.29 is 59.3 Å². The van der Waals surface area contributed by atoms with E-state index in [2.05, 4.69) is 4.90 Å². The summed E-state index contributed by atoms with van der Waals surface area (Å²) in [7, 11) is -11.0. The van der Waals surface area contributed by atoms with Gasteiger partial charge in [-0.2, -0.15) is 25.3 Å². The number of benzene rings is 2. The van der Waals surface area contributed by atoms with Crippen molar-refractivity contribution in [3.8, 4) is 11.5 Å². The van der Waals surface area contributed by atoms with Crippen LogP contribution in [0.5, 0.6) is 11.5 Å². The Labute approximate surface area is 288 Å². The van der Waals surface area contributed by atoms with Crippen LogP contribution in [-0.4, -0.2) is 118 Å². The fourth-order valence-electron chi connectivity index (χ4n) is 4.00. The average molecular weight is 762 g/mol. The lowest BCUT2D eigenvalue weighted by Gasteiger charge is -2.32. The molecule has 284 valence electrons. The number of rotatable bonds is 12. The Hall–Kier alpha value is -3.41. The standard InChI is InChI=1S/C25H35N5O2.3CH4O3S.2H2O/c26-24(27)20-4-8-22(9-5-20)31-17-1-3-19-12-15-30(16-13-19)14-2-18-32-23-10-6-21(7-11-23)25(28)29;3*1-5(2,3)4;;/h4-11,19H,1-3,12-18H2,(H3,26,27)(H3,28,29);3*1H3,(H,2,3,4);2*1H2. The SMILES string of the molecule is CS(=O)(=O)O.CS(=O)(=O)O.CS(=O)(=O)O.N=C(N)c1ccc(OCCCC2CCN(CCCOc3ccc(C(=N)N)cc3)CC2)cc1.O.O. The van der Waals surface area contributed by atoms with E-state index < -0.39 is 30.4 Å². The van der Waals surface area contributed by atoms with Gasteiger partial charge in [-0.1, -0.05) is 0 Å². The highest BCUT2D eigenvalue weighted by Crippen LogP contribution is 2.22. The Kier molecular flexibility index (Phi) is 25.2. The van der Waals surface area contributed by atoms with Crippen LogP contribution in [0, 0.1) is 16.7 Å². The van der Waals surface area contributed by atoms with E-state index in [9.17, 15) is 25.3 Å². The number of nitrogens with one attached hydrogen (secondary N) is 2. The molecule has 0 radical (unpaired) electrons. The van der Waals surface area contributed by atoms with E-state index in [1.165, 1.54) is 19.3 Å². The van der Waals surface area contributed by atoms with Crippen LogP contribution in [0.25, 0.3) is 0 Å². The molecule has 0 saturated carbocycles. The van der Waals surface area contributed by atoms with Gasteiger partial charge in [0.25, 0.3) is 30.4 Å². The zero-order chi connectivity index (χ0) is 36.3. The second kappa shape index (κ2) is 24.7. The zero-order valence-corrected chi connectivity index (χ0v) is 30.2. The molecular formula is C28H51N5O13S3. The lowest BCUT2D eigenvalue weighted by molar-refractivity contribution is 0.161. The lowest BCUT2D eigenvalue weighted by Crippen LogP contribution is -2.35. The van der Waals surface area contributed by atoms with Crippen LogP contribution in [0.4, 0.5) is 0 Å². The molecule has 2 aromatic rings. The molecule has 1 aliphatic heterocycles. The van der Waals surface area contributed by atoms with Crippen molar-refractivity contribution in [3.05, 3.63) is 59.7 Å². The van der Waals surface area contributed by atoms with E-state index in [-0.39, 0.29) is 22.6 Å². The average Bonchev–Trinajstić information content (AvgIpc) is 2.92. The topological polar surface area (TPSA) is 348 Å². The molecule has 49 heavy (non-hydrogen) atoms. The van der Waals surface area contributed by atoms with Gasteiger partial charge in [0.2, 0.25) is 0 Å². The summed E-state index contributed by atoms with van der Waals surface area (Å²) < 4.78 is 89.2. The molecule has 1 fully saturated rings. The molecule has 1 saturated heterocycles. The first-order valence-electron chi connectivity index (χ1n) is 14.2. The third-order valence-electron chi connectivity index (χ3n) is 5.95. The number of nitrogen functional groups attached to an aromatic ring is 2. The van der Waals surface area contributed by atoms with E-state index >= 15 is 0 Å². The highest BCUT2D eigenvalue weighted by molar-refractivity contribution is 7.85. The summed E-state index contributed by atoms with van der Waals surface area (Å²) in [5.74, 6) is 2.60. The second-order valence-corrected chi connectivity index (χ2v) is 15.0. The van der Waals surface area contributed by atoms with Crippen molar-refractivity contribution in [1.82, 2.24) is 4.90 Å². The van der Waals surface area contributed by atoms with Gasteiger partial charge in [0.1, 0.15) is 23.2 Å². The van der Waals surface area contributed by atoms with Crippen LogP contribution in [0.15, 0.2) is 48.5 Å². The van der Waals surface area contributed by atoms with Gasteiger partial charge in [0.15, 0.2) is 0 Å². The Balaban J connectivity index is -0.00000105. The van der Waals surface area contributed by atoms with Gasteiger partial charge in [0, 0.05) is 17.7 Å². The van der Waals surface area contributed by atoms with Crippen LogP contribution < -0.4 is 20.9 Å². The molecule has 0 unspecified atom stereocenters. The third kappa shape index (κ3) is 34.3. The summed E-state index contributed by atoms with van der Waals surface area (Å²) in [5.41, 5.74) is 12.4. The quantitative estimate of drug-likeness (QED) is 0.0669. The van der Waals surface area contributed by atoms with Gasteiger partial charge >= 0.3 is 0 Å². The monoisotopic (exact) mass is 761 g/mol. The Bertz CT molecular complexity index is 1380. The minimum Gasteiger partial charge on any atom is -0.494 e. The van der Waals surface area contributed by atoms with Crippen molar-refractivity contribution in [2.75, 3.05) is 51.6 Å². The van der Waals surface area contributed by atoms with Crippen LogP contribution in [0.3, 0.4) is 0 Å². The van der Waals surface area contributed by atoms with E-state index in [1.54, 1.807) is 0 Å². The van der Waals surface area contributed by atoms with Crippen LogP contribution >= 0.6 is 0 Å². The Morgan fingerprint density at radius 3 is 1.31 bits per heavy atom. The largest absolute Gasteiger partial charge is 0.494 e. The third-order valence-corrected chi connectivity index (χ3v) is 5.95. The highest BCUT2D eigenvalue weighted by atomic mass is 32.2. The van der Waals surface area contributed by atoms with Gasteiger partial charge in [-0.05, 0) is 99.6 Å². The molecule has 1 heterocycles. The van der Waals surface area contributed by atoms with Gasteiger partial charge in [0.05, 0.1) is 32.0 Å². The molecule has 0 aliphatic carbocycles. The summed E-state index contributed by atoms with van der Waals surface area (Å²) in [5, 5.41) is 14.8. The maximum absolute atomic E-state index is 9.19. The summed E-state index contributed by atoms with van der Waals surface area (Å²) in [6, 6.07) is 14.8. The Morgan fingerprint density at radius 1 is 0.694 bits per heavy atom. The molecule has 13 N–H and O–H groups in total. The van der Waals surface area contributed by atoms with E-state index in [4.69, 9.17) is 45.4 Å². The predicted molar refractivity (Wildman–Crippen MR) is 189 cm³/mol.